The van der Waals surface area contributed by atoms with E-state index >= 15 is 0 Å². The van der Waals surface area contributed by atoms with Crippen molar-refractivity contribution in [3.63, 3.8) is 0 Å². The topological polar surface area (TPSA) is 69.0 Å². The van der Waals surface area contributed by atoms with Gasteiger partial charge in [0.05, 0.1) is 30.4 Å². The summed E-state index contributed by atoms with van der Waals surface area (Å²) in [7, 11) is 3.59. The summed E-state index contributed by atoms with van der Waals surface area (Å²) in [5.41, 5.74) is 2.94. The number of nitrogens with one attached hydrogen (secondary N) is 1. The van der Waals surface area contributed by atoms with Crippen LogP contribution >= 0.6 is 23.1 Å². The molecular weight excluding hydrogens is 356 g/mol. The number of aromatic nitrogens is 3. The molecule has 3 rings (SSSR count). The number of thioether (sulfide) groups is 1. The van der Waals surface area contributed by atoms with Gasteiger partial charge in [-0.3, -0.25) is 4.79 Å². The van der Waals surface area contributed by atoms with Gasteiger partial charge < -0.3 is 14.6 Å². The lowest BCUT2D eigenvalue weighted by Gasteiger charge is -2.07. The molecule has 0 bridgehead atoms. The van der Waals surface area contributed by atoms with Crippen molar-refractivity contribution in [3.05, 3.63) is 41.5 Å². The number of imidazole rings is 1. The zero-order chi connectivity index (χ0) is 17.8. The molecule has 0 aliphatic rings. The summed E-state index contributed by atoms with van der Waals surface area (Å²) in [4.78, 5) is 20.7. The molecule has 0 saturated heterocycles. The number of methoxy groups -OCH3 is 1. The quantitative estimate of drug-likeness (QED) is 0.668. The highest BCUT2D eigenvalue weighted by Gasteiger charge is 2.12. The molecule has 0 aliphatic heterocycles. The summed E-state index contributed by atoms with van der Waals surface area (Å²) in [6.45, 7) is 1.90. The van der Waals surface area contributed by atoms with E-state index < -0.39 is 0 Å². The molecule has 130 valence electrons. The van der Waals surface area contributed by atoms with Crippen LogP contribution in [0.5, 0.6) is 5.75 Å². The molecule has 0 atom stereocenters. The van der Waals surface area contributed by atoms with Crippen LogP contribution in [-0.2, 0) is 11.8 Å². The third-order valence-electron chi connectivity index (χ3n) is 3.53. The van der Waals surface area contributed by atoms with Gasteiger partial charge >= 0.3 is 0 Å². The largest absolute Gasteiger partial charge is 0.497 e. The Kier molecular flexibility index (Phi) is 5.40. The van der Waals surface area contributed by atoms with Gasteiger partial charge in [0.15, 0.2) is 10.3 Å². The summed E-state index contributed by atoms with van der Waals surface area (Å²) in [5, 5.41) is 6.12. The Hall–Kier alpha value is -2.32. The van der Waals surface area contributed by atoms with Crippen molar-refractivity contribution < 1.29 is 9.53 Å². The van der Waals surface area contributed by atoms with Crippen molar-refractivity contribution in [1.82, 2.24) is 14.5 Å². The first-order valence-corrected chi connectivity index (χ1v) is 9.44. The van der Waals surface area contributed by atoms with E-state index in [9.17, 15) is 4.79 Å². The second-order valence-corrected chi connectivity index (χ2v) is 7.15. The maximum absolute atomic E-state index is 12.0. The SMILES string of the molecule is COc1ccc(-c2cnc(SCC(=O)Nc3nc(C)cs3)n2C)cc1. The Balaban J connectivity index is 1.63. The molecule has 0 saturated carbocycles. The molecule has 0 radical (unpaired) electrons. The number of nitrogens with zero attached hydrogens (tertiary/aromatic N) is 3. The molecule has 2 heterocycles. The number of ether oxygens (including phenoxy) is 1. The highest BCUT2D eigenvalue weighted by atomic mass is 32.2. The van der Waals surface area contributed by atoms with Crippen LogP contribution in [0.1, 0.15) is 5.69 Å². The van der Waals surface area contributed by atoms with Crippen molar-refractivity contribution in [2.75, 3.05) is 18.2 Å². The number of aryl methyl sites for hydroxylation is 1. The fraction of sp³-hybridized carbons (Fsp3) is 0.235. The molecule has 1 aromatic carbocycles. The number of thiazole rings is 1. The van der Waals surface area contributed by atoms with E-state index in [-0.39, 0.29) is 11.7 Å². The van der Waals surface area contributed by atoms with E-state index in [0.717, 1.165) is 27.9 Å². The van der Waals surface area contributed by atoms with Crippen LogP contribution in [0.25, 0.3) is 11.3 Å². The molecule has 1 N–H and O–H groups in total. The molecule has 0 unspecified atom stereocenters. The lowest BCUT2D eigenvalue weighted by molar-refractivity contribution is -0.113. The highest BCUT2D eigenvalue weighted by Crippen LogP contribution is 2.26. The summed E-state index contributed by atoms with van der Waals surface area (Å²) < 4.78 is 7.16. The first-order valence-electron chi connectivity index (χ1n) is 7.57. The smallest absolute Gasteiger partial charge is 0.236 e. The molecule has 0 fully saturated rings. The first kappa shape index (κ1) is 17.5. The molecule has 8 heteroatoms. The number of benzene rings is 1. The van der Waals surface area contributed by atoms with Gasteiger partial charge in [-0.15, -0.1) is 11.3 Å². The normalized spacial score (nSPS) is 10.7. The van der Waals surface area contributed by atoms with Crippen molar-refractivity contribution in [3.8, 4) is 17.0 Å². The average Bonchev–Trinajstić information content (AvgIpc) is 3.19. The lowest BCUT2D eigenvalue weighted by Crippen LogP contribution is -2.14. The van der Waals surface area contributed by atoms with Gasteiger partial charge in [-0.05, 0) is 31.2 Å². The van der Waals surface area contributed by atoms with Crippen LogP contribution in [-0.4, -0.2) is 33.3 Å². The molecule has 6 nitrogen and oxygen atoms in total. The van der Waals surface area contributed by atoms with E-state index in [0.29, 0.717) is 5.13 Å². The van der Waals surface area contributed by atoms with Crippen molar-refractivity contribution in [1.29, 1.82) is 0 Å². The van der Waals surface area contributed by atoms with E-state index in [4.69, 9.17) is 4.74 Å². The van der Waals surface area contributed by atoms with Crippen molar-refractivity contribution in [2.45, 2.75) is 12.1 Å². The predicted octanol–water partition coefficient (Wildman–Crippen LogP) is 3.59. The van der Waals surface area contributed by atoms with Crippen LogP contribution in [0.15, 0.2) is 41.0 Å². The molecule has 3 aromatic rings. The molecule has 0 spiro atoms. The van der Waals surface area contributed by atoms with Crippen molar-refractivity contribution in [2.24, 2.45) is 7.05 Å². The molecule has 25 heavy (non-hydrogen) atoms. The summed E-state index contributed by atoms with van der Waals surface area (Å²) in [6.07, 6.45) is 1.81. The van der Waals surface area contributed by atoms with Gasteiger partial charge in [0.1, 0.15) is 5.75 Å². The minimum absolute atomic E-state index is 0.0895. The fourth-order valence-electron chi connectivity index (χ4n) is 2.25. The first-order chi connectivity index (χ1) is 12.1. The number of carbonyl (C=O) groups excluding carboxylic acids is 1. The molecule has 1 amide bonds. The zero-order valence-corrected chi connectivity index (χ0v) is 15.8. The van der Waals surface area contributed by atoms with Crippen LogP contribution < -0.4 is 10.1 Å². The van der Waals surface area contributed by atoms with Crippen LogP contribution in [0.2, 0.25) is 0 Å². The molecule has 0 aliphatic carbocycles. The average molecular weight is 374 g/mol. The Morgan fingerprint density at radius 3 is 2.76 bits per heavy atom. The van der Waals surface area contributed by atoms with Crippen LogP contribution in [0, 0.1) is 6.92 Å². The van der Waals surface area contributed by atoms with Gasteiger partial charge in [-0.25, -0.2) is 9.97 Å². The molecular formula is C17H18N4O2S2. The van der Waals surface area contributed by atoms with Gasteiger partial charge in [0.25, 0.3) is 0 Å². The minimum atomic E-state index is -0.0895. The van der Waals surface area contributed by atoms with E-state index in [1.54, 1.807) is 7.11 Å². The zero-order valence-electron chi connectivity index (χ0n) is 14.1. The standard InChI is InChI=1S/C17H18N4O2S2/c1-11-9-24-16(19-11)20-15(22)10-25-17-18-8-14(21(17)2)12-4-6-13(23-3)7-5-12/h4-9H,10H2,1-3H3,(H,19,20,22). The highest BCUT2D eigenvalue weighted by molar-refractivity contribution is 7.99. The summed E-state index contributed by atoms with van der Waals surface area (Å²) >= 11 is 2.82. The second kappa shape index (κ2) is 7.71. The van der Waals surface area contributed by atoms with E-state index in [1.807, 2.05) is 54.4 Å². The Bertz CT molecular complexity index is 871. The van der Waals surface area contributed by atoms with Crippen LogP contribution in [0.4, 0.5) is 5.13 Å². The maximum Gasteiger partial charge on any atom is 0.236 e. The van der Waals surface area contributed by atoms with Gasteiger partial charge in [-0.2, -0.15) is 0 Å². The maximum atomic E-state index is 12.0. The third-order valence-corrected chi connectivity index (χ3v) is 5.45. The number of carbonyl (C=O) groups is 1. The number of anilines is 1. The third kappa shape index (κ3) is 4.21. The number of hydrogen-bond donors (Lipinski definition) is 1. The van der Waals surface area contributed by atoms with Gasteiger partial charge in [0, 0.05) is 18.0 Å². The van der Waals surface area contributed by atoms with Crippen molar-refractivity contribution >= 4 is 34.1 Å². The minimum Gasteiger partial charge on any atom is -0.497 e. The monoisotopic (exact) mass is 374 g/mol. The second-order valence-electron chi connectivity index (χ2n) is 5.34. The van der Waals surface area contributed by atoms with E-state index in [1.165, 1.54) is 23.1 Å². The predicted molar refractivity (Wildman–Crippen MR) is 101 cm³/mol. The van der Waals surface area contributed by atoms with Crippen LogP contribution in [0.3, 0.4) is 0 Å². The molecule has 2 aromatic heterocycles. The summed E-state index contributed by atoms with van der Waals surface area (Å²) in [6, 6.07) is 7.81. The number of rotatable bonds is 6. The Morgan fingerprint density at radius 1 is 1.36 bits per heavy atom. The van der Waals surface area contributed by atoms with Gasteiger partial charge in [-0.1, -0.05) is 11.8 Å². The Labute approximate surface area is 154 Å². The van der Waals surface area contributed by atoms with E-state index in [2.05, 4.69) is 15.3 Å². The Morgan fingerprint density at radius 2 is 2.12 bits per heavy atom. The fourth-order valence-corrected chi connectivity index (χ4v) is 3.71. The lowest BCUT2D eigenvalue weighted by atomic mass is 10.1. The van der Waals surface area contributed by atoms with Gasteiger partial charge in [0.2, 0.25) is 5.91 Å². The number of hydrogen-bond acceptors (Lipinski definition) is 6. The number of amides is 1. The summed E-state index contributed by atoms with van der Waals surface area (Å²) in [5.74, 6) is 1.01.